The molecule has 4 nitrogen and oxygen atoms in total. The van der Waals surface area contributed by atoms with Crippen LogP contribution in [-0.2, 0) is 4.79 Å². The third-order valence-electron chi connectivity index (χ3n) is 1.45. The number of alkyl halides is 3. The number of hydrogen-bond donors (Lipinski definition) is 2. The molecule has 3 N–H and O–H groups in total. The van der Waals surface area contributed by atoms with Crippen LogP contribution in [0.3, 0.4) is 0 Å². The van der Waals surface area contributed by atoms with E-state index in [2.05, 4.69) is 5.32 Å². The molecule has 0 rings (SSSR count). The minimum atomic E-state index is -4.53. The van der Waals surface area contributed by atoms with Crippen molar-refractivity contribution in [2.45, 2.75) is 12.6 Å². The summed E-state index contributed by atoms with van der Waals surface area (Å²) in [6.45, 7) is -0.475. The minimum absolute atomic E-state index is 0.0452. The molecule has 1 unspecified atom stereocenters. The van der Waals surface area contributed by atoms with Crippen molar-refractivity contribution in [3.05, 3.63) is 0 Å². The summed E-state index contributed by atoms with van der Waals surface area (Å²) < 4.78 is 35.9. The molecule has 80 valence electrons. The highest BCUT2D eigenvalue weighted by Crippen LogP contribution is 2.24. The van der Waals surface area contributed by atoms with Crippen molar-refractivity contribution in [3.63, 3.8) is 0 Å². The Balaban J connectivity index is 3.77. The highest BCUT2D eigenvalue weighted by Gasteiger charge is 2.39. The molecule has 14 heavy (non-hydrogen) atoms. The van der Waals surface area contributed by atoms with E-state index in [9.17, 15) is 18.0 Å². The van der Waals surface area contributed by atoms with Gasteiger partial charge in [-0.2, -0.15) is 18.4 Å². The fourth-order valence-electron chi connectivity index (χ4n) is 0.693. The fourth-order valence-corrected chi connectivity index (χ4v) is 0.693. The average molecular weight is 209 g/mol. The number of hydrogen-bond acceptors (Lipinski definition) is 3. The normalized spacial score (nSPS) is 13.3. The Morgan fingerprint density at radius 3 is 2.50 bits per heavy atom. The molecular weight excluding hydrogens is 199 g/mol. The van der Waals surface area contributed by atoms with E-state index >= 15 is 0 Å². The summed E-state index contributed by atoms with van der Waals surface area (Å²) in [5.41, 5.74) is 4.76. The van der Waals surface area contributed by atoms with Crippen molar-refractivity contribution in [3.8, 4) is 6.07 Å². The molecular formula is C7H10F3N3O. The summed E-state index contributed by atoms with van der Waals surface area (Å²) >= 11 is 0. The number of amides is 1. The van der Waals surface area contributed by atoms with Crippen LogP contribution in [0.15, 0.2) is 0 Å². The Morgan fingerprint density at radius 2 is 2.14 bits per heavy atom. The van der Waals surface area contributed by atoms with Gasteiger partial charge in [0, 0.05) is 19.5 Å². The van der Waals surface area contributed by atoms with Crippen molar-refractivity contribution in [1.82, 2.24) is 5.32 Å². The van der Waals surface area contributed by atoms with Gasteiger partial charge < -0.3 is 11.1 Å². The Hall–Kier alpha value is -1.29. The van der Waals surface area contributed by atoms with Crippen LogP contribution in [0, 0.1) is 17.2 Å². The number of nitrogens with two attached hydrogens (primary N) is 1. The van der Waals surface area contributed by atoms with Gasteiger partial charge in [0.25, 0.3) is 0 Å². The molecule has 0 saturated heterocycles. The first-order valence-corrected chi connectivity index (χ1v) is 3.83. The van der Waals surface area contributed by atoms with Gasteiger partial charge in [-0.15, -0.1) is 0 Å². The van der Waals surface area contributed by atoms with Gasteiger partial charge >= 0.3 is 6.18 Å². The molecule has 1 atom stereocenters. The molecule has 7 heteroatoms. The third-order valence-corrected chi connectivity index (χ3v) is 1.45. The molecule has 0 bridgehead atoms. The second-order valence-electron chi connectivity index (χ2n) is 2.64. The van der Waals surface area contributed by atoms with Crippen LogP contribution in [0.25, 0.3) is 0 Å². The maximum Gasteiger partial charge on any atom is 0.405 e. The highest BCUT2D eigenvalue weighted by atomic mass is 19.4. The van der Waals surface area contributed by atoms with E-state index in [1.807, 2.05) is 0 Å². The SMILES string of the molecule is N#CC(CNCCC(N)=O)C(F)(F)F. The average Bonchev–Trinajstić information content (AvgIpc) is 2.01. The maximum absolute atomic E-state index is 12.0. The Bertz CT molecular complexity index is 233. The lowest BCUT2D eigenvalue weighted by Gasteiger charge is -2.13. The Morgan fingerprint density at radius 1 is 1.57 bits per heavy atom. The lowest BCUT2D eigenvalue weighted by molar-refractivity contribution is -0.157. The predicted molar refractivity (Wildman–Crippen MR) is 41.8 cm³/mol. The van der Waals surface area contributed by atoms with Gasteiger partial charge in [0.15, 0.2) is 5.92 Å². The predicted octanol–water partition coefficient (Wildman–Crippen LogP) is 0.153. The maximum atomic E-state index is 12.0. The number of nitrogens with zero attached hydrogens (tertiary/aromatic N) is 1. The first-order valence-electron chi connectivity index (χ1n) is 3.83. The van der Waals surface area contributed by atoms with E-state index in [1.54, 1.807) is 0 Å². The van der Waals surface area contributed by atoms with Gasteiger partial charge in [0.2, 0.25) is 5.91 Å². The van der Waals surface area contributed by atoms with Crippen molar-refractivity contribution >= 4 is 5.91 Å². The van der Waals surface area contributed by atoms with Gasteiger partial charge in [-0.1, -0.05) is 0 Å². The summed E-state index contributed by atoms with van der Waals surface area (Å²) in [7, 11) is 0. The van der Waals surface area contributed by atoms with Gasteiger partial charge in [-0.25, -0.2) is 0 Å². The molecule has 0 aromatic rings. The van der Waals surface area contributed by atoms with Crippen molar-refractivity contribution in [2.24, 2.45) is 11.7 Å². The van der Waals surface area contributed by atoms with E-state index in [1.165, 1.54) is 0 Å². The number of nitriles is 1. The minimum Gasteiger partial charge on any atom is -0.370 e. The standard InChI is InChI=1S/C7H10F3N3O/c8-7(9,10)5(3-11)4-13-2-1-6(12)14/h5,13H,1-2,4H2,(H2,12,14). The monoisotopic (exact) mass is 209 g/mol. The molecule has 0 aliphatic rings. The lowest BCUT2D eigenvalue weighted by atomic mass is 10.1. The molecule has 0 aliphatic carbocycles. The number of carbonyl (C=O) groups is 1. The van der Waals surface area contributed by atoms with E-state index in [4.69, 9.17) is 11.0 Å². The zero-order chi connectivity index (χ0) is 11.2. The van der Waals surface area contributed by atoms with Gasteiger partial charge in [0.05, 0.1) is 6.07 Å². The van der Waals surface area contributed by atoms with E-state index in [0.717, 1.165) is 6.07 Å². The molecule has 0 aromatic heterocycles. The van der Waals surface area contributed by atoms with Crippen molar-refractivity contribution in [2.75, 3.05) is 13.1 Å². The second-order valence-corrected chi connectivity index (χ2v) is 2.64. The largest absolute Gasteiger partial charge is 0.405 e. The molecule has 0 spiro atoms. The number of primary amides is 1. The summed E-state index contributed by atoms with van der Waals surface area (Å²) in [6.07, 6.45) is -4.58. The van der Waals surface area contributed by atoms with Crippen LogP contribution in [0.2, 0.25) is 0 Å². The highest BCUT2D eigenvalue weighted by molar-refractivity contribution is 5.73. The van der Waals surface area contributed by atoms with Crippen LogP contribution >= 0.6 is 0 Å². The van der Waals surface area contributed by atoms with E-state index in [-0.39, 0.29) is 13.0 Å². The molecule has 0 heterocycles. The number of rotatable bonds is 5. The summed E-state index contributed by atoms with van der Waals surface area (Å²) in [5, 5.41) is 10.5. The quantitative estimate of drug-likeness (QED) is 0.633. The third kappa shape index (κ3) is 5.37. The van der Waals surface area contributed by atoms with E-state index in [0.29, 0.717) is 0 Å². The summed E-state index contributed by atoms with van der Waals surface area (Å²) in [4.78, 5) is 10.2. The zero-order valence-electron chi connectivity index (χ0n) is 7.27. The van der Waals surface area contributed by atoms with Gasteiger partial charge in [0.1, 0.15) is 0 Å². The smallest absolute Gasteiger partial charge is 0.370 e. The fraction of sp³-hybridized carbons (Fsp3) is 0.714. The van der Waals surface area contributed by atoms with E-state index < -0.39 is 24.5 Å². The molecule has 0 fully saturated rings. The lowest BCUT2D eigenvalue weighted by Crippen LogP contribution is -2.34. The van der Waals surface area contributed by atoms with Crippen LogP contribution in [0.1, 0.15) is 6.42 Å². The molecule has 0 radical (unpaired) electrons. The molecule has 1 amide bonds. The van der Waals surface area contributed by atoms with Crippen LogP contribution < -0.4 is 11.1 Å². The van der Waals surface area contributed by atoms with Gasteiger partial charge in [-0.3, -0.25) is 4.79 Å². The van der Waals surface area contributed by atoms with Gasteiger partial charge in [-0.05, 0) is 0 Å². The number of carbonyl (C=O) groups excluding carboxylic acids is 1. The zero-order valence-corrected chi connectivity index (χ0v) is 7.27. The molecule has 0 aromatic carbocycles. The Kier molecular flexibility index (Phi) is 4.94. The first kappa shape index (κ1) is 12.7. The molecule has 0 aliphatic heterocycles. The summed E-state index contributed by atoms with van der Waals surface area (Å²) in [6, 6.07) is 1.13. The van der Waals surface area contributed by atoms with Crippen molar-refractivity contribution in [1.29, 1.82) is 5.26 Å². The second kappa shape index (κ2) is 5.44. The van der Waals surface area contributed by atoms with Crippen LogP contribution in [-0.4, -0.2) is 25.2 Å². The van der Waals surface area contributed by atoms with Crippen molar-refractivity contribution < 1.29 is 18.0 Å². The van der Waals surface area contributed by atoms with Crippen LogP contribution in [0.5, 0.6) is 0 Å². The Labute approximate surface area is 78.9 Å². The summed E-state index contributed by atoms with van der Waals surface area (Å²) in [5.74, 6) is -2.65. The topological polar surface area (TPSA) is 78.9 Å². The van der Waals surface area contributed by atoms with Crippen LogP contribution in [0.4, 0.5) is 13.2 Å². The first-order chi connectivity index (χ1) is 6.38. The molecule has 0 saturated carbocycles. The number of halogens is 3. The number of nitrogens with one attached hydrogen (secondary N) is 1.